The highest BCUT2D eigenvalue weighted by Crippen LogP contribution is 2.66. The maximum Gasteiger partial charge on any atom is 0.490 e. The second-order valence-electron chi connectivity index (χ2n) is 4.10. The molecule has 0 amide bonds. The van der Waals surface area contributed by atoms with Crippen molar-refractivity contribution < 1.29 is 71.0 Å². The third-order valence-corrected chi connectivity index (χ3v) is 6.05. The summed E-state index contributed by atoms with van der Waals surface area (Å²) in [6, 6.07) is 0. The summed E-state index contributed by atoms with van der Waals surface area (Å²) in [5, 5.41) is 18.1. The van der Waals surface area contributed by atoms with Gasteiger partial charge in [-0.05, 0) is 0 Å². The quantitative estimate of drug-likeness (QED) is 0.137. The van der Waals surface area contributed by atoms with Crippen LogP contribution in [-0.4, -0.2) is 66.5 Å². The molecule has 1 aliphatic heterocycles. The number of hydrogen-bond donors (Lipinski definition) is 6. The summed E-state index contributed by atoms with van der Waals surface area (Å²) in [7, 11) is -17.2. The number of phosphoric acid groups is 3. The van der Waals surface area contributed by atoms with E-state index < -0.39 is 60.1 Å². The first-order valence-corrected chi connectivity index (χ1v) is 10.1. The van der Waals surface area contributed by atoms with Gasteiger partial charge in [-0.3, -0.25) is 9.32 Å². The Kier molecular flexibility index (Phi) is 6.61. The number of cyclic esters (lactones) is 1. The molecule has 0 bridgehead atoms. The van der Waals surface area contributed by atoms with Crippen LogP contribution in [0.4, 0.5) is 0 Å². The lowest BCUT2D eigenvalue weighted by atomic mass is 10.1. The van der Waals surface area contributed by atoms with Gasteiger partial charge in [-0.15, -0.1) is 0 Å². The highest BCUT2D eigenvalue weighted by atomic mass is 31.3. The lowest BCUT2D eigenvalue weighted by Gasteiger charge is -2.22. The van der Waals surface area contributed by atoms with Gasteiger partial charge in [0.2, 0.25) is 0 Å². The van der Waals surface area contributed by atoms with E-state index in [9.17, 15) is 33.3 Å². The lowest BCUT2D eigenvalue weighted by Crippen LogP contribution is -2.40. The normalized spacial score (nSPS) is 28.1. The van der Waals surface area contributed by atoms with Crippen molar-refractivity contribution >= 4 is 35.2 Å². The second kappa shape index (κ2) is 7.38. The van der Waals surface area contributed by atoms with Crippen LogP contribution >= 0.6 is 23.5 Å². The number of ketones is 1. The van der Waals surface area contributed by atoms with Crippen molar-refractivity contribution in [1.82, 2.24) is 0 Å². The molecule has 15 nitrogen and oxygen atoms in total. The van der Waals surface area contributed by atoms with E-state index in [2.05, 4.69) is 17.9 Å². The summed E-state index contributed by atoms with van der Waals surface area (Å²) in [6.45, 7) is -1.05. The van der Waals surface area contributed by atoms with Crippen LogP contribution in [0, 0.1) is 0 Å². The molecule has 18 heteroatoms. The lowest BCUT2D eigenvalue weighted by molar-refractivity contribution is -0.152. The molecule has 1 heterocycles. The fourth-order valence-corrected chi connectivity index (χ4v) is 4.61. The van der Waals surface area contributed by atoms with Crippen molar-refractivity contribution in [3.8, 4) is 0 Å². The van der Waals surface area contributed by atoms with Gasteiger partial charge in [-0.2, -0.15) is 8.62 Å². The molecule has 3 unspecified atom stereocenters. The number of ether oxygens (including phenoxy) is 1. The van der Waals surface area contributed by atoms with E-state index in [1.54, 1.807) is 0 Å². The van der Waals surface area contributed by atoms with Crippen molar-refractivity contribution in [3.05, 3.63) is 0 Å². The molecule has 0 aliphatic carbocycles. The predicted molar refractivity (Wildman–Crippen MR) is 66.7 cm³/mol. The summed E-state index contributed by atoms with van der Waals surface area (Å²) in [4.78, 5) is 57.4. The molecule has 1 fully saturated rings. The number of carbonyl (C=O) groups is 2. The van der Waals surface area contributed by atoms with E-state index in [-0.39, 0.29) is 0 Å². The molecule has 0 spiro atoms. The summed E-state index contributed by atoms with van der Waals surface area (Å²) in [5.74, 6) is -3.19. The molecule has 1 aliphatic rings. The minimum Gasteiger partial charge on any atom is -0.450 e. The second-order valence-corrected chi connectivity index (χ2v) is 8.47. The number of phosphoric ester groups is 1. The maximum absolute atomic E-state index is 11.6. The molecule has 0 aromatic heterocycles. The van der Waals surface area contributed by atoms with E-state index in [0.717, 1.165) is 0 Å². The Morgan fingerprint density at radius 3 is 2.04 bits per heavy atom. The third kappa shape index (κ3) is 6.08. The Morgan fingerprint density at radius 2 is 1.58 bits per heavy atom. The Bertz CT molecular complexity index is 650. The first-order chi connectivity index (χ1) is 10.7. The summed E-state index contributed by atoms with van der Waals surface area (Å²) in [5.41, 5.74) is 0. The topological polar surface area (TPSA) is 244 Å². The van der Waals surface area contributed by atoms with Gasteiger partial charge >= 0.3 is 29.4 Å². The first kappa shape index (κ1) is 21.5. The van der Waals surface area contributed by atoms with Crippen LogP contribution in [0.15, 0.2) is 0 Å². The third-order valence-electron chi connectivity index (χ3n) is 2.23. The van der Waals surface area contributed by atoms with Gasteiger partial charge in [-0.25, -0.2) is 18.5 Å². The highest BCUT2D eigenvalue weighted by molar-refractivity contribution is 7.66. The molecule has 24 heavy (non-hydrogen) atoms. The molecule has 0 saturated carbocycles. The van der Waals surface area contributed by atoms with Gasteiger partial charge in [0.05, 0.1) is 6.61 Å². The molecule has 1 saturated heterocycles. The maximum atomic E-state index is 11.6. The number of aliphatic hydroxyl groups is 2. The summed E-state index contributed by atoms with van der Waals surface area (Å²) < 4.78 is 48.3. The average molecular weight is 416 g/mol. The summed E-state index contributed by atoms with van der Waals surface area (Å²) in [6.07, 6.45) is -6.18. The van der Waals surface area contributed by atoms with Crippen molar-refractivity contribution in [2.24, 2.45) is 0 Å². The van der Waals surface area contributed by atoms with Crippen LogP contribution in [-0.2, 0) is 41.2 Å². The zero-order valence-corrected chi connectivity index (χ0v) is 13.8. The van der Waals surface area contributed by atoms with E-state index in [1.165, 1.54) is 0 Å². The van der Waals surface area contributed by atoms with Crippen molar-refractivity contribution in [3.63, 3.8) is 0 Å². The molecular formula is C6H11O15P3. The minimum atomic E-state index is -5.83. The van der Waals surface area contributed by atoms with Crippen molar-refractivity contribution in [1.29, 1.82) is 0 Å². The molecular weight excluding hydrogens is 405 g/mol. The average Bonchev–Trinajstić information content (AvgIpc) is 2.61. The van der Waals surface area contributed by atoms with Gasteiger partial charge in [0.1, 0.15) is 6.10 Å². The van der Waals surface area contributed by atoms with E-state index in [0.29, 0.717) is 0 Å². The van der Waals surface area contributed by atoms with Gasteiger partial charge < -0.3 is 34.5 Å². The van der Waals surface area contributed by atoms with Crippen LogP contribution in [0.2, 0.25) is 0 Å². The van der Waals surface area contributed by atoms with E-state index >= 15 is 0 Å². The van der Waals surface area contributed by atoms with E-state index in [4.69, 9.17) is 19.8 Å². The molecule has 6 N–H and O–H groups in total. The molecule has 5 atom stereocenters. The molecule has 0 aromatic rings. The zero-order chi connectivity index (χ0) is 18.9. The molecule has 0 aromatic carbocycles. The zero-order valence-electron chi connectivity index (χ0n) is 11.1. The number of aliphatic hydroxyl groups excluding tert-OH is 2. The highest BCUT2D eigenvalue weighted by Gasteiger charge is 2.52. The molecule has 0 radical (unpaired) electrons. The first-order valence-electron chi connectivity index (χ1n) is 5.53. The van der Waals surface area contributed by atoms with Gasteiger partial charge in [0, 0.05) is 0 Å². The monoisotopic (exact) mass is 416 g/mol. The largest absolute Gasteiger partial charge is 0.490 e. The molecule has 140 valence electrons. The van der Waals surface area contributed by atoms with E-state index in [1.807, 2.05) is 0 Å². The predicted octanol–water partition coefficient (Wildman–Crippen LogP) is -2.45. The Labute approximate surface area is 132 Å². The van der Waals surface area contributed by atoms with Crippen LogP contribution in [0.25, 0.3) is 0 Å². The van der Waals surface area contributed by atoms with Gasteiger partial charge in [0.15, 0.2) is 12.2 Å². The number of rotatable bonds is 8. The van der Waals surface area contributed by atoms with Crippen LogP contribution in [0.3, 0.4) is 0 Å². The minimum absolute atomic E-state index is 1.05. The number of carbonyl (C=O) groups excluding carboxylic acids is 2. The Balaban J connectivity index is 2.93. The summed E-state index contributed by atoms with van der Waals surface area (Å²) >= 11 is 0. The van der Waals surface area contributed by atoms with Crippen LogP contribution in [0.1, 0.15) is 0 Å². The SMILES string of the molecule is O=C1O[C@H]([C@@H](O)CO)C(OP(=O)(O)OP(=O)(O)OP(=O)(O)O)C1=O. The molecule has 1 rings (SSSR count). The number of esters is 1. The van der Waals surface area contributed by atoms with Crippen molar-refractivity contribution in [2.45, 2.75) is 18.3 Å². The smallest absolute Gasteiger partial charge is 0.450 e. The van der Waals surface area contributed by atoms with Crippen LogP contribution in [0.5, 0.6) is 0 Å². The number of hydrogen-bond acceptors (Lipinski definition) is 11. The van der Waals surface area contributed by atoms with Gasteiger partial charge in [-0.1, -0.05) is 0 Å². The fraction of sp³-hybridized carbons (Fsp3) is 0.667. The number of Topliss-reactive ketones (excluding diaryl/α,β-unsaturated/α-hetero) is 1. The van der Waals surface area contributed by atoms with Crippen molar-refractivity contribution in [2.75, 3.05) is 6.61 Å². The van der Waals surface area contributed by atoms with Gasteiger partial charge in [0.25, 0.3) is 5.78 Å². The standard InChI is InChI=1S/C6H11O15P3/c7-1-2(8)4-5(3(9)6(10)18-4)19-23(14,15)21-24(16,17)20-22(11,12)13/h2,4-5,7-8H,1H2,(H,14,15)(H,16,17)(H2,11,12,13)/t2-,4+,5?/m0/s1. The Hall–Kier alpha value is -0.530. The Morgan fingerprint density at radius 1 is 1.04 bits per heavy atom. The van der Waals surface area contributed by atoms with Crippen LogP contribution < -0.4 is 0 Å². The fourth-order valence-electron chi connectivity index (χ4n) is 1.44.